The van der Waals surface area contributed by atoms with Crippen molar-refractivity contribution >= 4 is 0 Å². The molecular weight excluding hydrogens is 212 g/mol. The highest BCUT2D eigenvalue weighted by Gasteiger charge is 2.64. The Bertz CT molecular complexity index is 323. The van der Waals surface area contributed by atoms with E-state index in [9.17, 15) is 5.11 Å². The summed E-state index contributed by atoms with van der Waals surface area (Å²) < 4.78 is 6.40. The van der Waals surface area contributed by atoms with E-state index in [-0.39, 0.29) is 5.60 Å². The van der Waals surface area contributed by atoms with Crippen molar-refractivity contribution in [3.63, 3.8) is 0 Å². The summed E-state index contributed by atoms with van der Waals surface area (Å²) in [6, 6.07) is 0. The molecule has 1 saturated carbocycles. The van der Waals surface area contributed by atoms with Crippen LogP contribution >= 0.6 is 0 Å². The molecule has 17 heavy (non-hydrogen) atoms. The predicted octanol–water partition coefficient (Wildman–Crippen LogP) is 2.99. The van der Waals surface area contributed by atoms with Crippen molar-refractivity contribution < 1.29 is 9.84 Å². The van der Waals surface area contributed by atoms with Gasteiger partial charge in [0.1, 0.15) is 0 Å². The van der Waals surface area contributed by atoms with E-state index in [0.29, 0.717) is 29.8 Å². The minimum atomic E-state index is -0.495. The Kier molecular flexibility index (Phi) is 2.45. The Balaban J connectivity index is 1.96. The quantitative estimate of drug-likeness (QED) is 0.761. The van der Waals surface area contributed by atoms with Gasteiger partial charge in [-0.25, -0.2) is 0 Å². The fourth-order valence-electron chi connectivity index (χ4n) is 4.90. The van der Waals surface area contributed by atoms with Gasteiger partial charge in [-0.3, -0.25) is 0 Å². The minimum absolute atomic E-state index is 0.0568. The number of aliphatic hydroxyl groups is 1. The van der Waals surface area contributed by atoms with Crippen molar-refractivity contribution in [2.24, 2.45) is 23.7 Å². The summed E-state index contributed by atoms with van der Waals surface area (Å²) in [5.41, 5.74) is -0.439. The molecule has 3 rings (SSSR count). The van der Waals surface area contributed by atoms with Gasteiger partial charge in [0.25, 0.3) is 0 Å². The Labute approximate surface area is 105 Å². The Hall–Kier alpha value is -0.0800. The van der Waals surface area contributed by atoms with Crippen LogP contribution in [-0.2, 0) is 4.74 Å². The highest BCUT2D eigenvalue weighted by Crippen LogP contribution is 2.61. The first kappa shape index (κ1) is 12.0. The lowest BCUT2D eigenvalue weighted by Gasteiger charge is -2.40. The van der Waals surface area contributed by atoms with Crippen LogP contribution in [0, 0.1) is 23.7 Å². The van der Waals surface area contributed by atoms with Crippen molar-refractivity contribution in [3.8, 4) is 0 Å². The highest BCUT2D eigenvalue weighted by molar-refractivity contribution is 5.13. The average molecular weight is 238 g/mol. The third-order valence-corrected chi connectivity index (χ3v) is 5.91. The number of hydrogen-bond acceptors (Lipinski definition) is 2. The van der Waals surface area contributed by atoms with E-state index >= 15 is 0 Å². The standard InChI is InChI=1S/C15H26O2/c1-9(2)10-5-8-15(4)11-6-7-14(3,16)12(11)13(10)17-15/h9-13,16H,5-8H2,1-4H3/t10?,11-,12+,13?,14-,15+/m1/s1. The van der Waals surface area contributed by atoms with E-state index in [1.807, 2.05) is 6.92 Å². The first-order chi connectivity index (χ1) is 7.85. The summed E-state index contributed by atoms with van der Waals surface area (Å²) in [5, 5.41) is 10.6. The number of fused-ring (bicyclic) bond motifs is 5. The van der Waals surface area contributed by atoms with Crippen LogP contribution in [0.2, 0.25) is 0 Å². The molecule has 1 N–H and O–H groups in total. The lowest BCUT2D eigenvalue weighted by Crippen LogP contribution is -2.43. The first-order valence-electron chi connectivity index (χ1n) is 7.25. The lowest BCUT2D eigenvalue weighted by atomic mass is 9.76. The van der Waals surface area contributed by atoms with Gasteiger partial charge in [-0.15, -0.1) is 0 Å². The maximum atomic E-state index is 10.6. The fraction of sp³-hybridized carbons (Fsp3) is 1.00. The largest absolute Gasteiger partial charge is 0.390 e. The number of hydrogen-bond donors (Lipinski definition) is 1. The number of ether oxygens (including phenoxy) is 1. The maximum absolute atomic E-state index is 10.6. The molecule has 0 amide bonds. The van der Waals surface area contributed by atoms with Gasteiger partial charge < -0.3 is 9.84 Å². The minimum Gasteiger partial charge on any atom is -0.390 e. The second kappa shape index (κ2) is 3.48. The monoisotopic (exact) mass is 238 g/mol. The Morgan fingerprint density at radius 2 is 1.88 bits per heavy atom. The Morgan fingerprint density at radius 3 is 2.53 bits per heavy atom. The molecule has 98 valence electrons. The van der Waals surface area contributed by atoms with E-state index in [1.165, 1.54) is 12.8 Å². The lowest BCUT2D eigenvalue weighted by molar-refractivity contribution is -0.134. The van der Waals surface area contributed by atoms with Crippen LogP contribution in [0.25, 0.3) is 0 Å². The second-order valence-electron chi connectivity index (χ2n) is 7.37. The summed E-state index contributed by atoms with van der Waals surface area (Å²) >= 11 is 0. The van der Waals surface area contributed by atoms with Crippen LogP contribution in [0.15, 0.2) is 0 Å². The zero-order chi connectivity index (χ0) is 12.4. The molecule has 6 atom stereocenters. The number of rotatable bonds is 1. The van der Waals surface area contributed by atoms with Crippen molar-refractivity contribution in [1.29, 1.82) is 0 Å². The second-order valence-corrected chi connectivity index (χ2v) is 7.37. The molecule has 3 fully saturated rings. The molecule has 2 heteroatoms. The molecule has 2 bridgehead atoms. The van der Waals surface area contributed by atoms with Gasteiger partial charge >= 0.3 is 0 Å². The third-order valence-electron chi connectivity index (χ3n) is 5.91. The van der Waals surface area contributed by atoms with Crippen LogP contribution in [0.3, 0.4) is 0 Å². The van der Waals surface area contributed by atoms with Gasteiger partial charge in [-0.05, 0) is 57.3 Å². The molecule has 2 nitrogen and oxygen atoms in total. The van der Waals surface area contributed by atoms with E-state index in [0.717, 1.165) is 12.8 Å². The van der Waals surface area contributed by atoms with Gasteiger partial charge in [-0.2, -0.15) is 0 Å². The Morgan fingerprint density at radius 1 is 1.18 bits per heavy atom. The molecule has 0 aromatic heterocycles. The topological polar surface area (TPSA) is 29.5 Å². The van der Waals surface area contributed by atoms with Gasteiger partial charge in [0.05, 0.1) is 17.3 Å². The first-order valence-corrected chi connectivity index (χ1v) is 7.25. The summed E-state index contributed by atoms with van der Waals surface area (Å²) in [4.78, 5) is 0. The zero-order valence-corrected chi connectivity index (χ0v) is 11.6. The van der Waals surface area contributed by atoms with Gasteiger partial charge in [0.2, 0.25) is 0 Å². The van der Waals surface area contributed by atoms with E-state index in [1.54, 1.807) is 0 Å². The zero-order valence-electron chi connectivity index (χ0n) is 11.6. The molecule has 0 aromatic rings. The fourth-order valence-corrected chi connectivity index (χ4v) is 4.90. The van der Waals surface area contributed by atoms with Crippen molar-refractivity contribution in [3.05, 3.63) is 0 Å². The van der Waals surface area contributed by atoms with Crippen LogP contribution in [0.4, 0.5) is 0 Å². The van der Waals surface area contributed by atoms with Crippen molar-refractivity contribution in [2.75, 3.05) is 0 Å². The molecule has 2 heterocycles. The van der Waals surface area contributed by atoms with Gasteiger partial charge in [-0.1, -0.05) is 13.8 Å². The summed E-state index contributed by atoms with van der Waals surface area (Å²) in [6.07, 6.45) is 4.88. The van der Waals surface area contributed by atoms with Crippen LogP contribution < -0.4 is 0 Å². The van der Waals surface area contributed by atoms with Crippen LogP contribution in [-0.4, -0.2) is 22.4 Å². The van der Waals surface area contributed by atoms with Crippen LogP contribution in [0.5, 0.6) is 0 Å². The molecule has 2 aliphatic heterocycles. The van der Waals surface area contributed by atoms with Gasteiger partial charge in [0, 0.05) is 5.92 Å². The third kappa shape index (κ3) is 1.53. The molecule has 0 radical (unpaired) electrons. The van der Waals surface area contributed by atoms with E-state index < -0.39 is 5.60 Å². The van der Waals surface area contributed by atoms with Crippen molar-refractivity contribution in [1.82, 2.24) is 0 Å². The maximum Gasteiger partial charge on any atom is 0.0691 e. The molecule has 3 aliphatic rings. The summed E-state index contributed by atoms with van der Waals surface area (Å²) in [5.74, 6) is 2.27. The normalized spacial score (nSPS) is 57.5. The molecule has 2 saturated heterocycles. The molecular formula is C15H26O2. The molecule has 0 aromatic carbocycles. The summed E-state index contributed by atoms with van der Waals surface area (Å²) in [6.45, 7) is 8.91. The summed E-state index contributed by atoms with van der Waals surface area (Å²) in [7, 11) is 0. The SMILES string of the molecule is CC(C)C1CC[C@]2(C)OC1[C@@H]1[C@H]2CC[C@@]1(C)O. The highest BCUT2D eigenvalue weighted by atomic mass is 16.5. The van der Waals surface area contributed by atoms with E-state index in [4.69, 9.17) is 4.74 Å². The average Bonchev–Trinajstić information content (AvgIpc) is 2.64. The van der Waals surface area contributed by atoms with Crippen LogP contribution in [0.1, 0.15) is 53.4 Å². The smallest absolute Gasteiger partial charge is 0.0691 e. The predicted molar refractivity (Wildman–Crippen MR) is 67.7 cm³/mol. The molecule has 2 unspecified atom stereocenters. The molecule has 0 spiro atoms. The van der Waals surface area contributed by atoms with Crippen molar-refractivity contribution in [2.45, 2.75) is 70.7 Å². The molecule has 1 aliphatic carbocycles. The van der Waals surface area contributed by atoms with E-state index in [2.05, 4.69) is 20.8 Å². The van der Waals surface area contributed by atoms with Gasteiger partial charge in [0.15, 0.2) is 0 Å².